The van der Waals surface area contributed by atoms with E-state index in [1.807, 2.05) is 0 Å². The zero-order chi connectivity index (χ0) is 55.3. The van der Waals surface area contributed by atoms with Gasteiger partial charge >= 0.3 is 11.9 Å². The van der Waals surface area contributed by atoms with E-state index in [-0.39, 0.29) is 30.2 Å². The Balaban J connectivity index is 5.19. The molecule has 4 N–H and O–H groups in total. The largest absolute Gasteiger partial charge is 0.462 e. The Bertz CT molecular complexity index is 1240. The van der Waals surface area contributed by atoms with Crippen LogP contribution in [-0.2, 0) is 28.7 Å². The highest BCUT2D eigenvalue weighted by Crippen LogP contribution is 2.19. The number of ketones is 1. The lowest BCUT2D eigenvalue weighted by Gasteiger charge is -2.21. The molecule has 0 rings (SSSR count). The highest BCUT2D eigenvalue weighted by atomic mass is 32.2. The molecule has 1 amide bonds. The highest BCUT2D eigenvalue weighted by molar-refractivity contribution is 7.99. The van der Waals surface area contributed by atoms with E-state index >= 15 is 0 Å². The van der Waals surface area contributed by atoms with E-state index in [0.717, 1.165) is 103 Å². The number of esters is 2. The van der Waals surface area contributed by atoms with E-state index in [0.29, 0.717) is 37.2 Å². The second-order valence-electron chi connectivity index (χ2n) is 23.0. The van der Waals surface area contributed by atoms with E-state index in [9.17, 15) is 19.2 Å². The molecule has 0 saturated carbocycles. The molecule has 0 spiro atoms. The van der Waals surface area contributed by atoms with Crippen LogP contribution in [0, 0.1) is 0 Å². The minimum absolute atomic E-state index is 0.0173. The number of unbranched alkanes of at least 4 members (excludes halogenated alkanes) is 42. The molecule has 0 heterocycles. The first kappa shape index (κ1) is 74.3. The van der Waals surface area contributed by atoms with Crippen molar-refractivity contribution in [2.75, 3.05) is 37.7 Å². The van der Waals surface area contributed by atoms with Crippen LogP contribution >= 0.6 is 11.8 Å². The van der Waals surface area contributed by atoms with Crippen molar-refractivity contribution in [3.8, 4) is 0 Å². The van der Waals surface area contributed by atoms with Gasteiger partial charge in [0, 0.05) is 37.2 Å². The maximum Gasteiger partial charge on any atom is 0.306 e. The van der Waals surface area contributed by atoms with Crippen LogP contribution in [0.5, 0.6) is 0 Å². The van der Waals surface area contributed by atoms with Gasteiger partial charge in [-0.05, 0) is 58.2 Å². The van der Waals surface area contributed by atoms with Crippen molar-refractivity contribution in [1.82, 2.24) is 10.6 Å². The number of rotatable bonds is 64. The summed E-state index contributed by atoms with van der Waals surface area (Å²) >= 11 is 1.51. The lowest BCUT2D eigenvalue weighted by atomic mass is 10.0. The summed E-state index contributed by atoms with van der Waals surface area (Å²) in [7, 11) is 0. The molecule has 2 atom stereocenters. The van der Waals surface area contributed by atoms with Crippen molar-refractivity contribution in [2.45, 2.75) is 360 Å². The predicted octanol–water partition coefficient (Wildman–Crippen LogP) is 18.7. The molecule has 0 bridgehead atoms. The number of thioether (sulfide) groups is 1. The quantitative estimate of drug-likeness (QED) is 0.0402. The van der Waals surface area contributed by atoms with Gasteiger partial charge in [-0.25, -0.2) is 0 Å². The van der Waals surface area contributed by atoms with Crippen molar-refractivity contribution in [3.05, 3.63) is 0 Å². The number of carbonyl (C=O) groups excluding carboxylic acids is 4. The Morgan fingerprint density at radius 1 is 0.382 bits per heavy atom. The summed E-state index contributed by atoms with van der Waals surface area (Å²) in [6.07, 6.45) is 58.5. The Morgan fingerprint density at radius 3 is 1.11 bits per heavy atom. The number of hydrogen-bond acceptors (Lipinski definition) is 9. The summed E-state index contributed by atoms with van der Waals surface area (Å²) in [5.74, 6) is 0.339. The predicted molar refractivity (Wildman–Crippen MR) is 330 cm³/mol. The fraction of sp³-hybridized carbons (Fsp3) is 0.939. The van der Waals surface area contributed by atoms with Crippen LogP contribution in [0.25, 0.3) is 0 Å². The highest BCUT2D eigenvalue weighted by Gasteiger charge is 2.23. The molecule has 1 unspecified atom stereocenters. The number of carbonyl (C=O) groups is 4. The molecule has 0 aliphatic rings. The second kappa shape index (κ2) is 62.5. The third kappa shape index (κ3) is 57.0. The average Bonchev–Trinajstić information content (AvgIpc) is 3.41. The van der Waals surface area contributed by atoms with Crippen LogP contribution in [-0.4, -0.2) is 73.5 Å². The molecule has 9 nitrogen and oxygen atoms in total. The van der Waals surface area contributed by atoms with Gasteiger partial charge in [0.15, 0.2) is 5.78 Å². The van der Waals surface area contributed by atoms with E-state index < -0.39 is 12.1 Å². The first-order valence-electron chi connectivity index (χ1n) is 33.5. The van der Waals surface area contributed by atoms with Crippen molar-refractivity contribution in [1.29, 1.82) is 0 Å². The Morgan fingerprint density at radius 2 is 0.711 bits per heavy atom. The molecule has 76 heavy (non-hydrogen) atoms. The van der Waals surface area contributed by atoms with E-state index in [2.05, 4.69) is 31.4 Å². The Hall–Kier alpha value is -1.65. The van der Waals surface area contributed by atoms with Crippen LogP contribution in [0.4, 0.5) is 0 Å². The van der Waals surface area contributed by atoms with Crippen LogP contribution in [0.15, 0.2) is 0 Å². The summed E-state index contributed by atoms with van der Waals surface area (Å²) < 4.78 is 11.8. The van der Waals surface area contributed by atoms with Gasteiger partial charge in [-0.15, -0.1) is 0 Å². The zero-order valence-corrected chi connectivity index (χ0v) is 51.7. The van der Waals surface area contributed by atoms with E-state index in [4.69, 9.17) is 15.2 Å². The molecule has 0 aromatic rings. The SMILES string of the molecule is CCCCCCCCCCCCCCCC(=O)N[C@@H](CSCC(COC(=O)CCCCCCCCCCCCCCC)OC(=O)CCCCCCCCCCCCCCC)C(=O)CCCCCCCCCNCCCN. The number of nitrogens with one attached hydrogen (secondary N) is 2. The van der Waals surface area contributed by atoms with E-state index in [1.165, 1.54) is 230 Å². The number of Topliss-reactive ketones (excluding diaryl/α,β-unsaturated/α-hetero) is 1. The summed E-state index contributed by atoms with van der Waals surface area (Å²) in [5, 5.41) is 6.59. The third-order valence-corrected chi connectivity index (χ3v) is 16.5. The van der Waals surface area contributed by atoms with Gasteiger partial charge in [-0.2, -0.15) is 11.8 Å². The van der Waals surface area contributed by atoms with Gasteiger partial charge in [0.25, 0.3) is 0 Å². The van der Waals surface area contributed by atoms with Crippen molar-refractivity contribution in [2.24, 2.45) is 5.73 Å². The van der Waals surface area contributed by atoms with Gasteiger partial charge in [-0.1, -0.05) is 284 Å². The molecule has 0 aliphatic carbocycles. The number of nitrogens with two attached hydrogens (primary N) is 1. The third-order valence-electron chi connectivity index (χ3n) is 15.4. The van der Waals surface area contributed by atoms with Gasteiger partial charge in [0.05, 0.1) is 6.04 Å². The van der Waals surface area contributed by atoms with Gasteiger partial charge < -0.3 is 25.8 Å². The second-order valence-corrected chi connectivity index (χ2v) is 24.1. The molecule has 0 aromatic heterocycles. The van der Waals surface area contributed by atoms with Crippen molar-refractivity contribution in [3.63, 3.8) is 0 Å². The summed E-state index contributed by atoms with van der Waals surface area (Å²) in [6.45, 7) is 9.60. The smallest absolute Gasteiger partial charge is 0.306 e. The lowest BCUT2D eigenvalue weighted by Crippen LogP contribution is -2.43. The minimum atomic E-state index is -0.603. The monoisotopic (exact) mass is 1090 g/mol. The van der Waals surface area contributed by atoms with Crippen LogP contribution in [0.3, 0.4) is 0 Å². The zero-order valence-electron chi connectivity index (χ0n) is 50.9. The number of amides is 1. The molecular weight excluding hydrogens is 963 g/mol. The van der Waals surface area contributed by atoms with Crippen molar-refractivity contribution < 1.29 is 28.7 Å². The van der Waals surface area contributed by atoms with Gasteiger partial charge in [0.2, 0.25) is 5.91 Å². The molecule has 0 radical (unpaired) electrons. The fourth-order valence-electron chi connectivity index (χ4n) is 10.3. The Labute approximate surface area is 476 Å². The van der Waals surface area contributed by atoms with Crippen molar-refractivity contribution >= 4 is 35.4 Å². The lowest BCUT2D eigenvalue weighted by molar-refractivity contribution is -0.157. The number of ether oxygens (including phenoxy) is 2. The first-order chi connectivity index (χ1) is 37.4. The maximum absolute atomic E-state index is 13.8. The van der Waals surface area contributed by atoms with Gasteiger partial charge in [-0.3, -0.25) is 19.2 Å². The standard InChI is InChI=1S/C66H129N3O6S/c1-4-7-10-13-16-19-22-25-28-31-36-41-46-52-64(71)69-62(63(70)51-45-40-35-34-39-44-49-56-68-57-50-55-67)60-76-59-61(75-66(73)54-48-43-38-33-30-27-24-21-18-15-12-9-6-3)58-74-65(72)53-47-42-37-32-29-26-23-20-17-14-11-8-5-2/h61-62,68H,4-60,67H2,1-3H3,(H,69,71)/t61?,62-/m0/s1. The molecule has 0 aliphatic heterocycles. The number of hydrogen-bond donors (Lipinski definition) is 3. The van der Waals surface area contributed by atoms with E-state index in [1.54, 1.807) is 0 Å². The van der Waals surface area contributed by atoms with Gasteiger partial charge in [0.1, 0.15) is 12.7 Å². The molecular formula is C66H129N3O6S. The molecule has 450 valence electrons. The average molecular weight is 1090 g/mol. The topological polar surface area (TPSA) is 137 Å². The summed E-state index contributed by atoms with van der Waals surface area (Å²) in [5.41, 5.74) is 5.59. The molecule has 0 saturated heterocycles. The minimum Gasteiger partial charge on any atom is -0.462 e. The summed E-state index contributed by atoms with van der Waals surface area (Å²) in [6, 6.07) is -0.591. The van der Waals surface area contributed by atoms with Crippen LogP contribution in [0.2, 0.25) is 0 Å². The Kier molecular flexibility index (Phi) is 61.2. The van der Waals surface area contributed by atoms with Crippen LogP contribution in [0.1, 0.15) is 348 Å². The maximum atomic E-state index is 13.8. The first-order valence-corrected chi connectivity index (χ1v) is 34.7. The molecule has 0 fully saturated rings. The molecule has 10 heteroatoms. The fourth-order valence-corrected chi connectivity index (χ4v) is 11.3. The normalized spacial score (nSPS) is 12.3. The van der Waals surface area contributed by atoms with Crippen LogP contribution < -0.4 is 16.4 Å². The summed E-state index contributed by atoms with van der Waals surface area (Å²) in [4.78, 5) is 53.3. The molecule has 0 aromatic carbocycles.